The van der Waals surface area contributed by atoms with Gasteiger partial charge in [-0.05, 0) is 30.3 Å². The van der Waals surface area contributed by atoms with E-state index in [-0.39, 0.29) is 6.04 Å². The summed E-state index contributed by atoms with van der Waals surface area (Å²) in [4.78, 5) is 14.0. The van der Waals surface area contributed by atoms with Crippen LogP contribution in [-0.4, -0.2) is 41.3 Å². The SMILES string of the molecule is Clc1cccn2nc([C@H]3c4nc[nH]c4CCN3c3nnc(-c4cccnc4)o3)cc12. The topological polar surface area (TPSA) is 101 Å². The van der Waals surface area contributed by atoms with E-state index >= 15 is 0 Å². The number of nitrogens with one attached hydrogen (secondary N) is 1. The predicted octanol–water partition coefficient (Wildman–Crippen LogP) is 3.31. The predicted molar refractivity (Wildman–Crippen MR) is 109 cm³/mol. The fourth-order valence-corrected chi connectivity index (χ4v) is 4.07. The Morgan fingerprint density at radius 2 is 2.17 bits per heavy atom. The van der Waals surface area contributed by atoms with Gasteiger partial charge < -0.3 is 14.3 Å². The third-order valence-electron chi connectivity index (χ3n) is 5.24. The highest BCUT2D eigenvalue weighted by Crippen LogP contribution is 2.37. The van der Waals surface area contributed by atoms with Gasteiger partial charge >= 0.3 is 6.01 Å². The van der Waals surface area contributed by atoms with E-state index in [4.69, 9.17) is 21.1 Å². The Labute approximate surface area is 175 Å². The summed E-state index contributed by atoms with van der Waals surface area (Å²) in [6.45, 7) is 0.677. The summed E-state index contributed by atoms with van der Waals surface area (Å²) in [7, 11) is 0. The van der Waals surface area contributed by atoms with Crippen molar-refractivity contribution < 1.29 is 4.42 Å². The van der Waals surface area contributed by atoms with Crippen LogP contribution in [0.2, 0.25) is 5.02 Å². The van der Waals surface area contributed by atoms with Crippen molar-refractivity contribution in [1.29, 1.82) is 0 Å². The molecule has 0 amide bonds. The summed E-state index contributed by atoms with van der Waals surface area (Å²) in [5, 5.41) is 13.9. The Kier molecular flexibility index (Phi) is 3.81. The van der Waals surface area contributed by atoms with E-state index in [1.54, 1.807) is 23.2 Å². The Hall–Kier alpha value is -3.72. The number of aromatic amines is 1. The monoisotopic (exact) mass is 418 g/mol. The molecule has 5 aromatic heterocycles. The Morgan fingerprint density at radius 1 is 1.20 bits per heavy atom. The van der Waals surface area contributed by atoms with E-state index in [1.165, 1.54) is 0 Å². The minimum atomic E-state index is -0.279. The fourth-order valence-electron chi connectivity index (χ4n) is 3.85. The molecule has 0 saturated heterocycles. The second-order valence-electron chi connectivity index (χ2n) is 7.00. The first kappa shape index (κ1) is 17.2. The van der Waals surface area contributed by atoms with Crippen molar-refractivity contribution in [3.05, 3.63) is 77.4 Å². The fraction of sp³-hybridized carbons (Fsp3) is 0.150. The van der Waals surface area contributed by atoms with Gasteiger partial charge in [0.05, 0.1) is 33.8 Å². The number of fused-ring (bicyclic) bond motifs is 2. The Balaban J connectivity index is 1.46. The van der Waals surface area contributed by atoms with Crippen molar-refractivity contribution in [1.82, 2.24) is 34.8 Å². The lowest BCUT2D eigenvalue weighted by Gasteiger charge is -2.32. The van der Waals surface area contributed by atoms with Crippen LogP contribution in [-0.2, 0) is 6.42 Å². The molecule has 0 unspecified atom stereocenters. The number of anilines is 1. The minimum Gasteiger partial charge on any atom is -0.403 e. The van der Waals surface area contributed by atoms with Crippen LogP contribution in [0.1, 0.15) is 23.1 Å². The lowest BCUT2D eigenvalue weighted by molar-refractivity contribution is 0.503. The van der Waals surface area contributed by atoms with Crippen molar-refractivity contribution >= 4 is 23.1 Å². The summed E-state index contributed by atoms with van der Waals surface area (Å²) >= 11 is 6.37. The first-order chi connectivity index (χ1) is 14.8. The van der Waals surface area contributed by atoms with Crippen LogP contribution in [0, 0.1) is 0 Å². The number of H-pyrrole nitrogens is 1. The number of imidazole rings is 1. The molecule has 5 aromatic rings. The van der Waals surface area contributed by atoms with Gasteiger partial charge in [-0.1, -0.05) is 16.7 Å². The standard InChI is InChI=1S/C20H15ClN8O/c21-13-4-2-7-29-16(13)9-15(27-29)18-17-14(23-11-24-17)5-8-28(18)20-26-25-19(30-20)12-3-1-6-22-10-12/h1-4,6-7,9-11,18H,5,8H2,(H,23,24)/t18-/m0/s1. The van der Waals surface area contributed by atoms with Gasteiger partial charge in [-0.2, -0.15) is 5.10 Å². The number of hydrogen-bond acceptors (Lipinski definition) is 7. The maximum atomic E-state index is 6.37. The number of pyridine rings is 2. The van der Waals surface area contributed by atoms with Gasteiger partial charge in [-0.3, -0.25) is 4.98 Å². The van der Waals surface area contributed by atoms with E-state index in [2.05, 4.69) is 25.1 Å². The largest absolute Gasteiger partial charge is 0.403 e. The molecule has 0 radical (unpaired) electrons. The maximum Gasteiger partial charge on any atom is 0.319 e. The summed E-state index contributed by atoms with van der Waals surface area (Å²) < 4.78 is 7.78. The van der Waals surface area contributed by atoms with Crippen LogP contribution in [0.25, 0.3) is 17.0 Å². The lowest BCUT2D eigenvalue weighted by Crippen LogP contribution is -2.36. The zero-order valence-electron chi connectivity index (χ0n) is 15.6. The maximum absolute atomic E-state index is 6.37. The highest BCUT2D eigenvalue weighted by Gasteiger charge is 2.36. The van der Waals surface area contributed by atoms with Crippen molar-refractivity contribution in [3.8, 4) is 11.5 Å². The summed E-state index contributed by atoms with van der Waals surface area (Å²) in [5.74, 6) is 0.419. The average Bonchev–Trinajstić information content (AvgIpc) is 3.52. The molecule has 6 rings (SSSR count). The van der Waals surface area contributed by atoms with Gasteiger partial charge in [0.15, 0.2) is 0 Å². The summed E-state index contributed by atoms with van der Waals surface area (Å²) in [5.41, 5.74) is 4.37. The first-order valence-electron chi connectivity index (χ1n) is 9.44. The molecule has 0 spiro atoms. The van der Waals surface area contributed by atoms with E-state index in [9.17, 15) is 0 Å². The molecule has 6 heterocycles. The van der Waals surface area contributed by atoms with E-state index in [0.29, 0.717) is 23.5 Å². The number of halogens is 1. The lowest BCUT2D eigenvalue weighted by atomic mass is 10.0. The first-order valence-corrected chi connectivity index (χ1v) is 9.82. The zero-order valence-corrected chi connectivity index (χ0v) is 16.4. The smallest absolute Gasteiger partial charge is 0.319 e. The van der Waals surface area contributed by atoms with Crippen molar-refractivity contribution in [2.45, 2.75) is 12.5 Å². The zero-order chi connectivity index (χ0) is 20.1. The number of nitrogens with zero attached hydrogens (tertiary/aromatic N) is 7. The molecule has 1 atom stereocenters. The highest BCUT2D eigenvalue weighted by molar-refractivity contribution is 6.33. The summed E-state index contributed by atoms with van der Waals surface area (Å²) in [6, 6.07) is 9.53. The molecule has 0 saturated carbocycles. The van der Waals surface area contributed by atoms with Crippen molar-refractivity contribution in [2.24, 2.45) is 0 Å². The Bertz CT molecular complexity index is 1340. The third-order valence-corrected chi connectivity index (χ3v) is 5.56. The second kappa shape index (κ2) is 6.67. The van der Waals surface area contributed by atoms with Crippen LogP contribution in [0.3, 0.4) is 0 Å². The highest BCUT2D eigenvalue weighted by atomic mass is 35.5. The molecule has 0 aliphatic carbocycles. The molecule has 1 N–H and O–H groups in total. The van der Waals surface area contributed by atoms with E-state index in [0.717, 1.165) is 34.6 Å². The van der Waals surface area contributed by atoms with E-state index in [1.807, 2.05) is 41.4 Å². The van der Waals surface area contributed by atoms with Gasteiger partial charge in [-0.15, -0.1) is 5.10 Å². The molecule has 1 aliphatic heterocycles. The van der Waals surface area contributed by atoms with Gasteiger partial charge in [0.1, 0.15) is 6.04 Å². The van der Waals surface area contributed by atoms with Crippen LogP contribution < -0.4 is 4.90 Å². The molecule has 30 heavy (non-hydrogen) atoms. The van der Waals surface area contributed by atoms with Gasteiger partial charge in [0.25, 0.3) is 5.89 Å². The molecule has 148 valence electrons. The molecule has 0 bridgehead atoms. The minimum absolute atomic E-state index is 0.279. The Morgan fingerprint density at radius 3 is 3.03 bits per heavy atom. The van der Waals surface area contributed by atoms with Crippen LogP contribution in [0.4, 0.5) is 6.01 Å². The van der Waals surface area contributed by atoms with Crippen molar-refractivity contribution in [2.75, 3.05) is 11.4 Å². The molecule has 9 nitrogen and oxygen atoms in total. The third kappa shape index (κ3) is 2.66. The molecule has 1 aliphatic rings. The number of aromatic nitrogens is 7. The molecular formula is C20H15ClN8O. The second-order valence-corrected chi connectivity index (χ2v) is 7.41. The van der Waals surface area contributed by atoms with Crippen LogP contribution >= 0.6 is 11.6 Å². The summed E-state index contributed by atoms with van der Waals surface area (Å²) in [6.07, 6.45) is 7.76. The molecule has 10 heteroatoms. The molecular weight excluding hydrogens is 404 g/mol. The number of rotatable bonds is 3. The van der Waals surface area contributed by atoms with Crippen LogP contribution in [0.5, 0.6) is 0 Å². The van der Waals surface area contributed by atoms with Gasteiger partial charge in [0, 0.05) is 37.3 Å². The normalized spacial score (nSPS) is 16.2. The quantitative estimate of drug-likeness (QED) is 0.479. The van der Waals surface area contributed by atoms with Crippen molar-refractivity contribution in [3.63, 3.8) is 0 Å². The van der Waals surface area contributed by atoms with E-state index < -0.39 is 0 Å². The number of hydrogen-bond donors (Lipinski definition) is 1. The van der Waals surface area contributed by atoms with Gasteiger partial charge in [0.2, 0.25) is 0 Å². The average molecular weight is 419 g/mol. The van der Waals surface area contributed by atoms with Gasteiger partial charge in [-0.25, -0.2) is 9.50 Å². The molecule has 0 aromatic carbocycles. The molecule has 0 fully saturated rings. The van der Waals surface area contributed by atoms with Crippen LogP contribution in [0.15, 0.2) is 59.7 Å².